The fourth-order valence-corrected chi connectivity index (χ4v) is 2.85. The second kappa shape index (κ2) is 7.50. The van der Waals surface area contributed by atoms with E-state index in [-0.39, 0.29) is 23.1 Å². The van der Waals surface area contributed by atoms with E-state index in [1.54, 1.807) is 18.2 Å². The highest BCUT2D eigenvalue weighted by molar-refractivity contribution is 5.99. The quantitative estimate of drug-likeness (QED) is 0.815. The van der Waals surface area contributed by atoms with E-state index < -0.39 is 6.61 Å². The van der Waals surface area contributed by atoms with Crippen molar-refractivity contribution in [1.82, 2.24) is 5.32 Å². The van der Waals surface area contributed by atoms with Gasteiger partial charge in [-0.3, -0.25) is 4.79 Å². The van der Waals surface area contributed by atoms with Gasteiger partial charge in [-0.25, -0.2) is 0 Å². The SMILES string of the molecule is CCC1CCNC(CC(=O)c2ccccc2OC(F)F)C1. The van der Waals surface area contributed by atoms with Crippen LogP contribution in [0.5, 0.6) is 5.75 Å². The van der Waals surface area contributed by atoms with E-state index >= 15 is 0 Å². The van der Waals surface area contributed by atoms with Crippen molar-refractivity contribution in [2.75, 3.05) is 6.54 Å². The number of para-hydroxylation sites is 1. The Morgan fingerprint density at radius 1 is 1.43 bits per heavy atom. The number of carbonyl (C=O) groups is 1. The zero-order valence-corrected chi connectivity index (χ0v) is 12.1. The van der Waals surface area contributed by atoms with E-state index in [2.05, 4.69) is 17.0 Å². The van der Waals surface area contributed by atoms with Gasteiger partial charge in [-0.15, -0.1) is 0 Å². The lowest BCUT2D eigenvalue weighted by molar-refractivity contribution is -0.0501. The molecule has 0 aliphatic carbocycles. The lowest BCUT2D eigenvalue weighted by Crippen LogP contribution is -2.39. The van der Waals surface area contributed by atoms with Gasteiger partial charge in [0.2, 0.25) is 0 Å². The molecule has 1 aromatic carbocycles. The third-order valence-electron chi connectivity index (χ3n) is 4.02. The standard InChI is InChI=1S/C16H21F2NO2/c1-2-11-7-8-19-12(9-11)10-14(20)13-5-3-4-6-15(13)21-16(17)18/h3-6,11-12,16,19H,2,7-10H2,1H3. The fourth-order valence-electron chi connectivity index (χ4n) is 2.85. The normalized spacial score (nSPS) is 22.3. The van der Waals surface area contributed by atoms with Crippen LogP contribution >= 0.6 is 0 Å². The van der Waals surface area contributed by atoms with Crippen LogP contribution in [0.4, 0.5) is 8.78 Å². The van der Waals surface area contributed by atoms with Gasteiger partial charge in [-0.05, 0) is 37.4 Å². The molecular weight excluding hydrogens is 276 g/mol. The Bertz CT molecular complexity index is 479. The van der Waals surface area contributed by atoms with E-state index in [4.69, 9.17) is 0 Å². The predicted molar refractivity (Wildman–Crippen MR) is 76.8 cm³/mol. The minimum absolute atomic E-state index is 0.0413. The number of ether oxygens (including phenoxy) is 1. The molecule has 1 aromatic rings. The van der Waals surface area contributed by atoms with Crippen LogP contribution in [0, 0.1) is 5.92 Å². The molecule has 1 aliphatic rings. The van der Waals surface area contributed by atoms with Crippen LogP contribution in [0.3, 0.4) is 0 Å². The number of hydrogen-bond acceptors (Lipinski definition) is 3. The maximum Gasteiger partial charge on any atom is 0.387 e. The Balaban J connectivity index is 2.03. The minimum atomic E-state index is -2.92. The third-order valence-corrected chi connectivity index (χ3v) is 4.02. The third kappa shape index (κ3) is 4.49. The molecule has 1 saturated heterocycles. The first kappa shape index (κ1) is 15.9. The van der Waals surface area contributed by atoms with Crippen molar-refractivity contribution in [1.29, 1.82) is 0 Å². The highest BCUT2D eigenvalue weighted by Gasteiger charge is 2.24. The molecule has 2 atom stereocenters. The van der Waals surface area contributed by atoms with Crippen LogP contribution in [0.15, 0.2) is 24.3 Å². The summed E-state index contributed by atoms with van der Waals surface area (Å²) in [6, 6.07) is 6.31. The maximum absolute atomic E-state index is 12.4. The van der Waals surface area contributed by atoms with Gasteiger partial charge in [0.05, 0.1) is 5.56 Å². The molecule has 2 unspecified atom stereocenters. The van der Waals surface area contributed by atoms with Crippen molar-refractivity contribution in [3.05, 3.63) is 29.8 Å². The van der Waals surface area contributed by atoms with Crippen molar-refractivity contribution in [3.63, 3.8) is 0 Å². The van der Waals surface area contributed by atoms with Crippen molar-refractivity contribution < 1.29 is 18.3 Å². The summed E-state index contributed by atoms with van der Waals surface area (Å²) < 4.78 is 29.2. The smallest absolute Gasteiger partial charge is 0.387 e. The zero-order valence-electron chi connectivity index (χ0n) is 12.1. The van der Waals surface area contributed by atoms with Gasteiger partial charge in [-0.1, -0.05) is 25.5 Å². The number of alkyl halides is 2. The predicted octanol–water partition coefficient (Wildman–Crippen LogP) is 3.64. The van der Waals surface area contributed by atoms with E-state index in [9.17, 15) is 13.6 Å². The van der Waals surface area contributed by atoms with Gasteiger partial charge in [0, 0.05) is 12.5 Å². The average molecular weight is 297 g/mol. The molecule has 0 spiro atoms. The lowest BCUT2D eigenvalue weighted by Gasteiger charge is -2.29. The number of Topliss-reactive ketones (excluding diaryl/α,β-unsaturated/α-hetero) is 1. The number of ketones is 1. The van der Waals surface area contributed by atoms with Gasteiger partial charge in [0.25, 0.3) is 0 Å². The molecular formula is C16H21F2NO2. The Kier molecular flexibility index (Phi) is 5.67. The van der Waals surface area contributed by atoms with Gasteiger partial charge < -0.3 is 10.1 Å². The van der Waals surface area contributed by atoms with Crippen molar-refractivity contribution in [3.8, 4) is 5.75 Å². The molecule has 0 amide bonds. The van der Waals surface area contributed by atoms with Crippen molar-refractivity contribution in [2.24, 2.45) is 5.92 Å². The Hall–Kier alpha value is -1.49. The monoisotopic (exact) mass is 297 g/mol. The molecule has 1 aliphatic heterocycles. The second-order valence-corrected chi connectivity index (χ2v) is 5.45. The molecule has 1 fully saturated rings. The molecule has 116 valence electrons. The molecule has 0 saturated carbocycles. The second-order valence-electron chi connectivity index (χ2n) is 5.45. The van der Waals surface area contributed by atoms with E-state index in [1.165, 1.54) is 6.07 Å². The van der Waals surface area contributed by atoms with Gasteiger partial charge in [0.15, 0.2) is 5.78 Å². The van der Waals surface area contributed by atoms with Gasteiger partial charge in [-0.2, -0.15) is 8.78 Å². The van der Waals surface area contributed by atoms with Crippen molar-refractivity contribution in [2.45, 2.75) is 45.3 Å². The average Bonchev–Trinajstić information content (AvgIpc) is 2.47. The van der Waals surface area contributed by atoms with E-state index in [0.717, 1.165) is 25.8 Å². The van der Waals surface area contributed by atoms with Crippen LogP contribution in [-0.4, -0.2) is 25.0 Å². The maximum atomic E-state index is 12.4. The molecule has 5 heteroatoms. The van der Waals surface area contributed by atoms with E-state index in [0.29, 0.717) is 12.3 Å². The molecule has 3 nitrogen and oxygen atoms in total. The highest BCUT2D eigenvalue weighted by atomic mass is 19.3. The van der Waals surface area contributed by atoms with E-state index in [1.807, 2.05) is 0 Å². The minimum Gasteiger partial charge on any atom is -0.434 e. The number of nitrogens with one attached hydrogen (secondary N) is 1. The van der Waals surface area contributed by atoms with Crippen LogP contribution < -0.4 is 10.1 Å². The first-order chi connectivity index (χ1) is 10.1. The van der Waals surface area contributed by atoms with Crippen molar-refractivity contribution >= 4 is 5.78 Å². The van der Waals surface area contributed by atoms with Gasteiger partial charge in [0.1, 0.15) is 5.75 Å². The summed E-state index contributed by atoms with van der Waals surface area (Å²) in [7, 11) is 0. The Labute approximate surface area is 123 Å². The summed E-state index contributed by atoms with van der Waals surface area (Å²) in [6.45, 7) is 0.142. The summed E-state index contributed by atoms with van der Waals surface area (Å²) in [5.41, 5.74) is 0.234. The zero-order chi connectivity index (χ0) is 15.2. The fraction of sp³-hybridized carbons (Fsp3) is 0.562. The largest absolute Gasteiger partial charge is 0.434 e. The highest BCUT2D eigenvalue weighted by Crippen LogP contribution is 2.25. The molecule has 0 radical (unpaired) electrons. The molecule has 0 bridgehead atoms. The summed E-state index contributed by atoms with van der Waals surface area (Å²) in [5.74, 6) is 0.442. The number of benzene rings is 1. The Morgan fingerprint density at radius 3 is 2.90 bits per heavy atom. The first-order valence-electron chi connectivity index (χ1n) is 7.40. The molecule has 21 heavy (non-hydrogen) atoms. The summed E-state index contributed by atoms with van der Waals surface area (Å²) in [4.78, 5) is 12.3. The van der Waals surface area contributed by atoms with Crippen LogP contribution in [-0.2, 0) is 0 Å². The topological polar surface area (TPSA) is 38.3 Å². The summed E-state index contributed by atoms with van der Waals surface area (Å²) in [6.07, 6.45) is 3.52. The molecule has 2 rings (SSSR count). The Morgan fingerprint density at radius 2 is 2.19 bits per heavy atom. The van der Waals surface area contributed by atoms with Gasteiger partial charge >= 0.3 is 6.61 Å². The molecule has 0 aromatic heterocycles. The number of rotatable bonds is 6. The van der Waals surface area contributed by atoms with Crippen LogP contribution in [0.2, 0.25) is 0 Å². The molecule has 1 N–H and O–H groups in total. The number of halogens is 2. The van der Waals surface area contributed by atoms with Crippen LogP contribution in [0.25, 0.3) is 0 Å². The lowest BCUT2D eigenvalue weighted by atomic mass is 9.87. The summed E-state index contributed by atoms with van der Waals surface area (Å²) >= 11 is 0. The molecule has 1 heterocycles. The number of carbonyl (C=O) groups excluding carboxylic acids is 1. The van der Waals surface area contributed by atoms with Crippen LogP contribution in [0.1, 0.15) is 43.0 Å². The summed E-state index contributed by atoms with van der Waals surface area (Å²) in [5, 5.41) is 3.33. The number of hydrogen-bond donors (Lipinski definition) is 1. The first-order valence-corrected chi connectivity index (χ1v) is 7.40. The number of piperidine rings is 1.